The quantitative estimate of drug-likeness (QED) is 0.798. The van der Waals surface area contributed by atoms with E-state index in [2.05, 4.69) is 16.8 Å². The number of carbonyl (C=O) groups is 1. The third kappa shape index (κ3) is 3.48. The molecule has 0 amide bonds. The SMILES string of the molecule is CCOC(=O)Cc1nc(N2CCN(C)CC2)nc2c(C)cccc12. The van der Waals surface area contributed by atoms with E-state index in [4.69, 9.17) is 14.7 Å². The number of benzene rings is 1. The van der Waals surface area contributed by atoms with E-state index in [1.54, 1.807) is 0 Å². The van der Waals surface area contributed by atoms with Crippen LogP contribution in [0.3, 0.4) is 0 Å². The van der Waals surface area contributed by atoms with Crippen LogP contribution < -0.4 is 4.90 Å². The summed E-state index contributed by atoms with van der Waals surface area (Å²) in [5, 5.41) is 0.931. The Morgan fingerprint density at radius 3 is 2.67 bits per heavy atom. The summed E-state index contributed by atoms with van der Waals surface area (Å²) in [6, 6.07) is 5.99. The largest absolute Gasteiger partial charge is 0.466 e. The molecule has 0 aliphatic carbocycles. The minimum absolute atomic E-state index is 0.178. The van der Waals surface area contributed by atoms with E-state index < -0.39 is 0 Å². The van der Waals surface area contributed by atoms with Gasteiger partial charge in [-0.3, -0.25) is 4.79 Å². The fraction of sp³-hybridized carbons (Fsp3) is 0.500. The number of nitrogens with zero attached hydrogens (tertiary/aromatic N) is 4. The fourth-order valence-corrected chi connectivity index (χ4v) is 2.98. The fourth-order valence-electron chi connectivity index (χ4n) is 2.98. The molecule has 128 valence electrons. The summed E-state index contributed by atoms with van der Waals surface area (Å²) in [5.74, 6) is 0.465. The van der Waals surface area contributed by atoms with Gasteiger partial charge < -0.3 is 14.5 Å². The summed E-state index contributed by atoms with van der Waals surface area (Å²) in [6.07, 6.45) is 0.178. The van der Waals surface area contributed by atoms with Gasteiger partial charge in [0, 0.05) is 31.6 Å². The van der Waals surface area contributed by atoms with Gasteiger partial charge in [0.05, 0.1) is 24.2 Å². The second-order valence-corrected chi connectivity index (χ2v) is 6.21. The van der Waals surface area contributed by atoms with Crippen LogP contribution in [0.15, 0.2) is 18.2 Å². The van der Waals surface area contributed by atoms with Crippen LogP contribution in [0.25, 0.3) is 10.9 Å². The number of esters is 1. The van der Waals surface area contributed by atoms with Crippen molar-refractivity contribution in [2.75, 3.05) is 44.7 Å². The van der Waals surface area contributed by atoms with E-state index in [0.717, 1.165) is 48.3 Å². The van der Waals surface area contributed by atoms with Crippen molar-refractivity contribution in [3.05, 3.63) is 29.5 Å². The number of piperazine rings is 1. The molecule has 6 heteroatoms. The maximum Gasteiger partial charge on any atom is 0.311 e. The van der Waals surface area contributed by atoms with Gasteiger partial charge in [0.25, 0.3) is 0 Å². The van der Waals surface area contributed by atoms with Gasteiger partial charge in [-0.15, -0.1) is 0 Å². The number of hydrogen-bond donors (Lipinski definition) is 0. The Bertz CT molecular complexity index is 739. The lowest BCUT2D eigenvalue weighted by molar-refractivity contribution is -0.142. The molecule has 2 aromatic rings. The molecule has 0 bridgehead atoms. The molecule has 24 heavy (non-hydrogen) atoms. The number of ether oxygens (including phenoxy) is 1. The lowest BCUT2D eigenvalue weighted by atomic mass is 10.1. The Balaban J connectivity index is 2.01. The molecule has 1 fully saturated rings. The normalized spacial score (nSPS) is 15.7. The molecule has 0 N–H and O–H groups in total. The molecule has 0 spiro atoms. The summed E-state index contributed by atoms with van der Waals surface area (Å²) in [7, 11) is 2.12. The third-order valence-corrected chi connectivity index (χ3v) is 4.40. The zero-order valence-electron chi connectivity index (χ0n) is 14.6. The Hall–Kier alpha value is -2.21. The third-order valence-electron chi connectivity index (χ3n) is 4.40. The highest BCUT2D eigenvalue weighted by molar-refractivity contribution is 5.88. The van der Waals surface area contributed by atoms with Gasteiger partial charge in [-0.05, 0) is 26.5 Å². The second-order valence-electron chi connectivity index (χ2n) is 6.21. The number of rotatable bonds is 4. The molecular formula is C18H24N4O2. The van der Waals surface area contributed by atoms with Crippen molar-refractivity contribution in [3.8, 4) is 0 Å². The van der Waals surface area contributed by atoms with Gasteiger partial charge >= 0.3 is 5.97 Å². The number of anilines is 1. The standard InChI is InChI=1S/C18H24N4O2/c1-4-24-16(23)12-15-14-7-5-6-13(2)17(14)20-18(19-15)22-10-8-21(3)9-11-22/h5-7H,4,8-12H2,1-3H3. The Morgan fingerprint density at radius 2 is 1.96 bits per heavy atom. The molecule has 0 atom stereocenters. The van der Waals surface area contributed by atoms with Gasteiger partial charge in [-0.1, -0.05) is 18.2 Å². The number of aromatic nitrogens is 2. The number of carbonyl (C=O) groups excluding carboxylic acids is 1. The van der Waals surface area contributed by atoms with Crippen molar-refractivity contribution < 1.29 is 9.53 Å². The number of fused-ring (bicyclic) bond motifs is 1. The molecule has 0 radical (unpaired) electrons. The molecule has 1 aliphatic rings. The summed E-state index contributed by atoms with van der Waals surface area (Å²) in [4.78, 5) is 25.9. The van der Waals surface area contributed by atoms with E-state index in [1.807, 2.05) is 32.0 Å². The zero-order chi connectivity index (χ0) is 17.1. The Labute approximate surface area is 142 Å². The maximum atomic E-state index is 12.0. The highest BCUT2D eigenvalue weighted by atomic mass is 16.5. The van der Waals surface area contributed by atoms with Crippen molar-refractivity contribution in [2.24, 2.45) is 0 Å². The minimum atomic E-state index is -0.247. The maximum absolute atomic E-state index is 12.0. The van der Waals surface area contributed by atoms with Crippen LogP contribution in [0.5, 0.6) is 0 Å². The van der Waals surface area contributed by atoms with Gasteiger partial charge in [0.1, 0.15) is 0 Å². The first kappa shape index (κ1) is 16.6. The first-order valence-electron chi connectivity index (χ1n) is 8.44. The number of para-hydroxylation sites is 1. The van der Waals surface area contributed by atoms with Crippen LogP contribution >= 0.6 is 0 Å². The predicted octanol–water partition coefficient (Wildman–Crippen LogP) is 1.80. The predicted molar refractivity (Wildman–Crippen MR) is 94.3 cm³/mol. The molecule has 6 nitrogen and oxygen atoms in total. The monoisotopic (exact) mass is 328 g/mol. The number of likely N-dealkylation sites (N-methyl/N-ethyl adjacent to an activating group) is 1. The molecule has 2 heterocycles. The highest BCUT2D eigenvalue weighted by Gasteiger charge is 2.20. The first-order chi connectivity index (χ1) is 11.6. The average molecular weight is 328 g/mol. The van der Waals surface area contributed by atoms with Crippen molar-refractivity contribution in [3.63, 3.8) is 0 Å². The van der Waals surface area contributed by atoms with E-state index in [9.17, 15) is 4.79 Å². The van der Waals surface area contributed by atoms with Crippen LogP contribution in [0, 0.1) is 6.92 Å². The lowest BCUT2D eigenvalue weighted by Gasteiger charge is -2.32. The van der Waals surface area contributed by atoms with Gasteiger partial charge in [0.15, 0.2) is 0 Å². The van der Waals surface area contributed by atoms with Gasteiger partial charge in [0.2, 0.25) is 5.95 Å². The second kappa shape index (κ2) is 7.13. The Morgan fingerprint density at radius 1 is 1.21 bits per heavy atom. The van der Waals surface area contributed by atoms with Crippen molar-refractivity contribution >= 4 is 22.8 Å². The molecule has 3 rings (SSSR count). The first-order valence-corrected chi connectivity index (χ1v) is 8.44. The van der Waals surface area contributed by atoms with E-state index in [0.29, 0.717) is 12.6 Å². The summed E-state index contributed by atoms with van der Waals surface area (Å²) < 4.78 is 5.10. The van der Waals surface area contributed by atoms with E-state index in [1.165, 1.54) is 0 Å². The molecule has 1 aromatic heterocycles. The molecular weight excluding hydrogens is 304 g/mol. The van der Waals surface area contributed by atoms with E-state index >= 15 is 0 Å². The van der Waals surface area contributed by atoms with Crippen molar-refractivity contribution in [2.45, 2.75) is 20.3 Å². The summed E-state index contributed by atoms with van der Waals surface area (Å²) in [5.41, 5.74) is 2.76. The molecule has 0 unspecified atom stereocenters. The number of hydrogen-bond acceptors (Lipinski definition) is 6. The van der Waals surface area contributed by atoms with Crippen LogP contribution in [-0.4, -0.2) is 60.7 Å². The average Bonchev–Trinajstić information content (AvgIpc) is 2.56. The number of aryl methyl sites for hydroxylation is 1. The van der Waals surface area contributed by atoms with Crippen molar-refractivity contribution in [1.82, 2.24) is 14.9 Å². The van der Waals surface area contributed by atoms with Crippen LogP contribution in [0.2, 0.25) is 0 Å². The van der Waals surface area contributed by atoms with Crippen molar-refractivity contribution in [1.29, 1.82) is 0 Å². The van der Waals surface area contributed by atoms with E-state index in [-0.39, 0.29) is 12.4 Å². The lowest BCUT2D eigenvalue weighted by Crippen LogP contribution is -2.45. The smallest absolute Gasteiger partial charge is 0.311 e. The molecule has 1 aliphatic heterocycles. The Kier molecular flexibility index (Phi) is 4.94. The molecule has 1 aromatic carbocycles. The minimum Gasteiger partial charge on any atom is -0.466 e. The van der Waals surface area contributed by atoms with Gasteiger partial charge in [-0.2, -0.15) is 0 Å². The van der Waals surface area contributed by atoms with Gasteiger partial charge in [-0.25, -0.2) is 9.97 Å². The summed E-state index contributed by atoms with van der Waals surface area (Å²) >= 11 is 0. The topological polar surface area (TPSA) is 58.6 Å². The van der Waals surface area contributed by atoms with Crippen LogP contribution in [0.1, 0.15) is 18.2 Å². The molecule has 1 saturated heterocycles. The van der Waals surface area contributed by atoms with Crippen LogP contribution in [0.4, 0.5) is 5.95 Å². The highest BCUT2D eigenvalue weighted by Crippen LogP contribution is 2.23. The molecule has 0 saturated carbocycles. The zero-order valence-corrected chi connectivity index (χ0v) is 14.6. The van der Waals surface area contributed by atoms with Crippen LogP contribution in [-0.2, 0) is 16.0 Å². The summed E-state index contributed by atoms with van der Waals surface area (Å²) in [6.45, 7) is 8.00.